The van der Waals surface area contributed by atoms with E-state index >= 15 is 0 Å². The Balaban J connectivity index is 0.00000134. The first-order valence-corrected chi connectivity index (χ1v) is 8.86. The van der Waals surface area contributed by atoms with Gasteiger partial charge in [0.05, 0.1) is 6.54 Å². The third-order valence-electron chi connectivity index (χ3n) is 3.15. The highest BCUT2D eigenvalue weighted by Crippen LogP contribution is 2.36. The number of nitrogens with zero attached hydrogens (tertiary/aromatic N) is 1. The third-order valence-corrected chi connectivity index (χ3v) is 3.89. The van der Waals surface area contributed by atoms with Crippen LogP contribution in [0.2, 0.25) is 0 Å². The first-order valence-electron chi connectivity index (χ1n) is 8.08. The Morgan fingerprint density at radius 1 is 1.40 bits per heavy atom. The van der Waals surface area contributed by atoms with Crippen molar-refractivity contribution in [2.75, 3.05) is 38.1 Å². The van der Waals surface area contributed by atoms with E-state index < -0.39 is 5.82 Å². The standard InChI is InChI=1S/C14H18FN3O2S.C2H6.CH4O/c1-16-21-18(6-7-19)14-12(20)3-2-11(13(14)15)8-10-4-5-17-9-10;2*1-2/h2-3,7-8,16-17,20H,4-6,9H2,1H3;1-2H3;2H,1H3/b10-8-;;. The van der Waals surface area contributed by atoms with Crippen LogP contribution in [0.5, 0.6) is 5.75 Å². The van der Waals surface area contributed by atoms with Crippen molar-refractivity contribution in [1.82, 2.24) is 10.0 Å². The van der Waals surface area contributed by atoms with Gasteiger partial charge < -0.3 is 20.3 Å². The zero-order valence-corrected chi connectivity index (χ0v) is 16.0. The van der Waals surface area contributed by atoms with Crippen LogP contribution in [0.3, 0.4) is 0 Å². The van der Waals surface area contributed by atoms with Gasteiger partial charge in [0.2, 0.25) is 0 Å². The van der Waals surface area contributed by atoms with Crippen LogP contribution >= 0.6 is 12.1 Å². The van der Waals surface area contributed by atoms with Crippen molar-refractivity contribution < 1.29 is 19.4 Å². The molecule has 0 atom stereocenters. The number of aliphatic hydroxyl groups is 1. The van der Waals surface area contributed by atoms with Crippen molar-refractivity contribution in [3.8, 4) is 5.75 Å². The van der Waals surface area contributed by atoms with Crippen LogP contribution in [0.15, 0.2) is 17.7 Å². The normalized spacial score (nSPS) is 14.2. The fraction of sp³-hybridized carbons (Fsp3) is 0.471. The van der Waals surface area contributed by atoms with Crippen molar-refractivity contribution in [2.45, 2.75) is 20.3 Å². The number of anilines is 1. The van der Waals surface area contributed by atoms with Gasteiger partial charge in [-0.2, -0.15) is 0 Å². The number of benzene rings is 1. The lowest BCUT2D eigenvalue weighted by atomic mass is 10.1. The molecular weight excluding hydrogens is 345 g/mol. The molecule has 0 aromatic heterocycles. The second-order valence-corrected chi connectivity index (χ2v) is 5.62. The molecular formula is C17H28FN3O3S. The Morgan fingerprint density at radius 3 is 2.60 bits per heavy atom. The molecule has 1 fully saturated rings. The number of aromatic hydroxyl groups is 1. The summed E-state index contributed by atoms with van der Waals surface area (Å²) in [7, 11) is 2.66. The molecule has 0 spiro atoms. The molecule has 1 aliphatic rings. The predicted octanol–water partition coefficient (Wildman–Crippen LogP) is 2.33. The van der Waals surface area contributed by atoms with E-state index in [0.29, 0.717) is 11.8 Å². The second-order valence-electron chi connectivity index (χ2n) is 4.59. The van der Waals surface area contributed by atoms with Gasteiger partial charge in [-0.1, -0.05) is 25.5 Å². The lowest BCUT2D eigenvalue weighted by molar-refractivity contribution is -0.106. The van der Waals surface area contributed by atoms with E-state index in [4.69, 9.17) is 5.11 Å². The molecule has 0 amide bonds. The molecule has 1 aliphatic heterocycles. The third kappa shape index (κ3) is 7.03. The summed E-state index contributed by atoms with van der Waals surface area (Å²) in [6.45, 7) is 5.61. The summed E-state index contributed by atoms with van der Waals surface area (Å²) in [6, 6.07) is 2.99. The maximum atomic E-state index is 14.7. The first-order chi connectivity index (χ1) is 12.2. The van der Waals surface area contributed by atoms with E-state index in [1.54, 1.807) is 19.2 Å². The van der Waals surface area contributed by atoms with Crippen molar-refractivity contribution in [3.05, 3.63) is 29.1 Å². The Morgan fingerprint density at radius 2 is 2.08 bits per heavy atom. The zero-order valence-electron chi connectivity index (χ0n) is 15.2. The summed E-state index contributed by atoms with van der Waals surface area (Å²) >= 11 is 1.05. The van der Waals surface area contributed by atoms with Crippen LogP contribution in [0.1, 0.15) is 25.8 Å². The molecule has 8 heteroatoms. The highest BCUT2D eigenvalue weighted by atomic mass is 32.2. The highest BCUT2D eigenvalue weighted by Gasteiger charge is 2.19. The van der Waals surface area contributed by atoms with Gasteiger partial charge in [-0.15, -0.1) is 0 Å². The average molecular weight is 373 g/mol. The lowest BCUT2D eigenvalue weighted by Gasteiger charge is -2.22. The fourth-order valence-corrected chi connectivity index (χ4v) is 2.82. The molecule has 0 bridgehead atoms. The number of hydrogen-bond donors (Lipinski definition) is 4. The Kier molecular flexibility index (Phi) is 12.8. The van der Waals surface area contributed by atoms with Crippen LogP contribution in [0.25, 0.3) is 6.08 Å². The molecule has 142 valence electrons. The van der Waals surface area contributed by atoms with Gasteiger partial charge in [0.1, 0.15) is 17.7 Å². The van der Waals surface area contributed by atoms with Gasteiger partial charge in [0, 0.05) is 31.4 Å². The van der Waals surface area contributed by atoms with Crippen LogP contribution in [0.4, 0.5) is 10.1 Å². The smallest absolute Gasteiger partial charge is 0.158 e. The minimum atomic E-state index is -0.529. The lowest BCUT2D eigenvalue weighted by Crippen LogP contribution is -2.22. The van der Waals surface area contributed by atoms with Crippen LogP contribution in [-0.2, 0) is 4.79 Å². The summed E-state index contributed by atoms with van der Waals surface area (Å²) in [4.78, 5) is 10.7. The van der Waals surface area contributed by atoms with Crippen LogP contribution in [-0.4, -0.2) is 50.3 Å². The number of aliphatic hydroxyl groups excluding tert-OH is 1. The number of hydrogen-bond acceptors (Lipinski definition) is 7. The molecule has 1 saturated heterocycles. The molecule has 0 radical (unpaired) electrons. The van der Waals surface area contributed by atoms with Gasteiger partial charge in [-0.3, -0.25) is 4.31 Å². The topological polar surface area (TPSA) is 84.8 Å². The summed E-state index contributed by atoms with van der Waals surface area (Å²) in [5.41, 5.74) is 1.55. The molecule has 0 unspecified atom stereocenters. The molecule has 0 saturated carbocycles. The quantitative estimate of drug-likeness (QED) is 0.450. The van der Waals surface area contributed by atoms with E-state index in [-0.39, 0.29) is 18.0 Å². The number of phenols is 1. The van der Waals surface area contributed by atoms with Crippen LogP contribution in [0, 0.1) is 5.82 Å². The van der Waals surface area contributed by atoms with Crippen molar-refractivity contribution in [3.63, 3.8) is 0 Å². The van der Waals surface area contributed by atoms with E-state index in [9.17, 15) is 14.3 Å². The fourth-order valence-electron chi connectivity index (χ4n) is 2.20. The van der Waals surface area contributed by atoms with Gasteiger partial charge in [0.25, 0.3) is 0 Å². The van der Waals surface area contributed by atoms with Crippen molar-refractivity contribution >= 4 is 30.2 Å². The number of nitrogens with one attached hydrogen (secondary N) is 2. The summed E-state index contributed by atoms with van der Waals surface area (Å²) in [5.74, 6) is -0.720. The summed E-state index contributed by atoms with van der Waals surface area (Å²) < 4.78 is 18.8. The second kappa shape index (κ2) is 13.7. The molecule has 6 nitrogen and oxygen atoms in total. The molecule has 0 aliphatic carbocycles. The van der Waals surface area contributed by atoms with Crippen LogP contribution < -0.4 is 14.3 Å². The summed E-state index contributed by atoms with van der Waals surface area (Å²) in [5, 5.41) is 20.1. The summed E-state index contributed by atoms with van der Waals surface area (Å²) in [6.07, 6.45) is 3.34. The molecule has 1 heterocycles. The number of halogens is 1. The number of aldehydes is 1. The molecule has 25 heavy (non-hydrogen) atoms. The van der Waals surface area contributed by atoms with Gasteiger partial charge in [-0.05, 0) is 32.1 Å². The monoisotopic (exact) mass is 373 g/mol. The SMILES string of the molecule is CC.CNSN(CC=O)c1c(O)ccc(/C=C2/CCNC2)c1F.CO. The molecule has 2 rings (SSSR count). The Bertz CT molecular complexity index is 548. The minimum absolute atomic E-state index is 0.0155. The van der Waals surface area contributed by atoms with E-state index in [0.717, 1.165) is 44.3 Å². The zero-order chi connectivity index (χ0) is 19.2. The number of carbonyl (C=O) groups excluding carboxylic acids is 1. The number of carbonyl (C=O) groups is 1. The highest BCUT2D eigenvalue weighted by molar-refractivity contribution is 7.98. The Hall–Kier alpha value is -1.61. The maximum absolute atomic E-state index is 14.7. The van der Waals surface area contributed by atoms with Gasteiger partial charge in [0.15, 0.2) is 5.82 Å². The van der Waals surface area contributed by atoms with Gasteiger partial charge >= 0.3 is 0 Å². The average Bonchev–Trinajstić information content (AvgIpc) is 3.15. The minimum Gasteiger partial charge on any atom is -0.506 e. The van der Waals surface area contributed by atoms with Crippen molar-refractivity contribution in [2.24, 2.45) is 0 Å². The van der Waals surface area contributed by atoms with E-state index in [1.807, 2.05) is 13.8 Å². The molecule has 1 aromatic carbocycles. The first kappa shape index (κ1) is 23.4. The molecule has 1 aromatic rings. The van der Waals surface area contributed by atoms with E-state index in [2.05, 4.69) is 10.0 Å². The Labute approximate surface area is 153 Å². The number of phenolic OH excluding ortho intramolecular Hbond substituents is 1. The molecule has 4 N–H and O–H groups in total. The van der Waals surface area contributed by atoms with E-state index in [1.165, 1.54) is 10.4 Å². The van der Waals surface area contributed by atoms with Crippen molar-refractivity contribution in [1.29, 1.82) is 0 Å². The largest absolute Gasteiger partial charge is 0.506 e. The number of rotatable bonds is 6. The maximum Gasteiger partial charge on any atom is 0.158 e. The predicted molar refractivity (Wildman–Crippen MR) is 103 cm³/mol. The van der Waals surface area contributed by atoms with Gasteiger partial charge in [-0.25, -0.2) is 9.11 Å².